The number of benzene rings is 2. The summed E-state index contributed by atoms with van der Waals surface area (Å²) >= 11 is 0. The number of rotatable bonds is 5. The smallest absolute Gasteiger partial charge is 0.402 e. The number of likely N-dealkylation sites (N-methyl/N-ethyl adjacent to an activating group) is 1. The molecule has 0 radical (unpaired) electrons. The third-order valence-electron chi connectivity index (χ3n) is 6.67. The summed E-state index contributed by atoms with van der Waals surface area (Å²) in [7, 11) is 1.94. The summed E-state index contributed by atoms with van der Waals surface area (Å²) in [5.74, 6) is 1.95. The molecule has 0 saturated carbocycles. The fraction of sp³-hybridized carbons (Fsp3) is 0.310. The highest BCUT2D eigenvalue weighted by atomic mass is 19.4. The van der Waals surface area contributed by atoms with Crippen molar-refractivity contribution in [3.8, 4) is 17.6 Å². The Kier molecular flexibility index (Phi) is 9.17. The number of piperazine rings is 1. The van der Waals surface area contributed by atoms with Gasteiger partial charge in [0.1, 0.15) is 5.82 Å². The van der Waals surface area contributed by atoms with Crippen molar-refractivity contribution in [1.82, 2.24) is 14.8 Å². The SMILES string of the molecule is Cc1cc(F)c(C(=O)Nc2ccc(CN3CCN(C)CC3)c(C(F)(F)F)c2)cc1C#Cc1cnc(N)c(OC(F)(F)F)c1. The molecule has 1 amide bonds. The predicted molar refractivity (Wildman–Crippen MR) is 145 cm³/mol. The minimum absolute atomic E-state index is 0.0143. The summed E-state index contributed by atoms with van der Waals surface area (Å²) < 4.78 is 98.2. The molecule has 1 aromatic heterocycles. The van der Waals surface area contributed by atoms with Crippen molar-refractivity contribution < 1.29 is 40.3 Å². The molecule has 43 heavy (non-hydrogen) atoms. The van der Waals surface area contributed by atoms with E-state index in [1.54, 1.807) is 0 Å². The third-order valence-corrected chi connectivity index (χ3v) is 6.67. The number of nitrogen functional groups attached to an aromatic ring is 1. The molecule has 3 aromatic rings. The summed E-state index contributed by atoms with van der Waals surface area (Å²) in [4.78, 5) is 20.6. The van der Waals surface area contributed by atoms with Crippen LogP contribution in [0.15, 0.2) is 42.6 Å². The zero-order chi connectivity index (χ0) is 31.5. The van der Waals surface area contributed by atoms with Crippen LogP contribution >= 0.6 is 0 Å². The molecule has 0 bridgehead atoms. The second-order valence-corrected chi connectivity index (χ2v) is 9.96. The summed E-state index contributed by atoms with van der Waals surface area (Å²) in [5.41, 5.74) is 4.29. The zero-order valence-corrected chi connectivity index (χ0v) is 23.0. The maximum absolute atomic E-state index is 14.8. The van der Waals surface area contributed by atoms with E-state index < -0.39 is 47.0 Å². The number of nitrogens with zero attached hydrogens (tertiary/aromatic N) is 3. The number of aryl methyl sites for hydroxylation is 1. The number of carbonyl (C=O) groups is 1. The topological polar surface area (TPSA) is 83.7 Å². The average molecular weight is 610 g/mol. The highest BCUT2D eigenvalue weighted by Crippen LogP contribution is 2.35. The number of pyridine rings is 1. The van der Waals surface area contributed by atoms with E-state index in [0.717, 1.165) is 43.6 Å². The number of ether oxygens (including phenoxy) is 1. The maximum atomic E-state index is 14.8. The largest absolute Gasteiger partial charge is 0.573 e. The molecule has 1 aliphatic rings. The molecule has 4 rings (SSSR count). The van der Waals surface area contributed by atoms with E-state index in [-0.39, 0.29) is 28.9 Å². The number of nitrogens with one attached hydrogen (secondary N) is 1. The number of alkyl halides is 6. The molecule has 0 atom stereocenters. The first-order valence-corrected chi connectivity index (χ1v) is 12.8. The van der Waals surface area contributed by atoms with Gasteiger partial charge in [0.25, 0.3) is 5.91 Å². The molecule has 0 spiro atoms. The number of hydrogen-bond acceptors (Lipinski definition) is 6. The molecule has 2 heterocycles. The minimum atomic E-state index is -5.01. The molecule has 0 aliphatic carbocycles. The van der Waals surface area contributed by atoms with Crippen LogP contribution < -0.4 is 15.8 Å². The lowest BCUT2D eigenvalue weighted by Gasteiger charge is -2.33. The minimum Gasteiger partial charge on any atom is -0.402 e. The van der Waals surface area contributed by atoms with E-state index in [4.69, 9.17) is 5.73 Å². The Hall–Kier alpha value is -4.35. The van der Waals surface area contributed by atoms with Crippen LogP contribution in [0.2, 0.25) is 0 Å². The number of halogens is 7. The van der Waals surface area contributed by atoms with E-state index in [0.29, 0.717) is 18.7 Å². The van der Waals surface area contributed by atoms with E-state index in [9.17, 15) is 35.5 Å². The number of carbonyl (C=O) groups excluding carboxylic acids is 1. The Bertz CT molecular complexity index is 1570. The Morgan fingerprint density at radius 2 is 1.74 bits per heavy atom. The van der Waals surface area contributed by atoms with Crippen molar-refractivity contribution in [1.29, 1.82) is 0 Å². The number of amides is 1. The van der Waals surface area contributed by atoms with E-state index >= 15 is 0 Å². The molecule has 1 aliphatic heterocycles. The Morgan fingerprint density at radius 1 is 1.05 bits per heavy atom. The van der Waals surface area contributed by atoms with Crippen LogP contribution in [0.5, 0.6) is 5.75 Å². The van der Waals surface area contributed by atoms with Crippen molar-refractivity contribution in [2.24, 2.45) is 0 Å². The highest BCUT2D eigenvalue weighted by molar-refractivity contribution is 6.04. The number of nitrogens with two attached hydrogens (primary N) is 1. The van der Waals surface area contributed by atoms with Gasteiger partial charge in [-0.2, -0.15) is 13.2 Å². The predicted octanol–water partition coefficient (Wildman–Crippen LogP) is 5.43. The molecule has 1 fully saturated rings. The molecule has 7 nitrogen and oxygen atoms in total. The lowest BCUT2D eigenvalue weighted by molar-refractivity contribution is -0.274. The number of anilines is 2. The van der Waals surface area contributed by atoms with Gasteiger partial charge < -0.3 is 20.7 Å². The van der Waals surface area contributed by atoms with Gasteiger partial charge in [-0.25, -0.2) is 9.37 Å². The zero-order valence-electron chi connectivity index (χ0n) is 23.0. The molecule has 0 unspecified atom stereocenters. The lowest BCUT2D eigenvalue weighted by Crippen LogP contribution is -2.44. The molecule has 228 valence electrons. The molecule has 14 heteroatoms. The van der Waals surface area contributed by atoms with E-state index in [1.165, 1.54) is 19.1 Å². The van der Waals surface area contributed by atoms with E-state index in [1.807, 2.05) is 11.9 Å². The molecule has 3 N–H and O–H groups in total. The van der Waals surface area contributed by atoms with Gasteiger partial charge in [-0.3, -0.25) is 9.69 Å². The Labute approximate surface area is 242 Å². The van der Waals surface area contributed by atoms with Crippen molar-refractivity contribution in [2.45, 2.75) is 26.0 Å². The average Bonchev–Trinajstić information content (AvgIpc) is 2.90. The van der Waals surface area contributed by atoms with Crippen molar-refractivity contribution in [2.75, 3.05) is 44.3 Å². The van der Waals surface area contributed by atoms with Crippen LogP contribution in [0, 0.1) is 24.6 Å². The summed E-state index contributed by atoms with van der Waals surface area (Å²) in [6, 6.07) is 6.44. The Morgan fingerprint density at radius 3 is 2.40 bits per heavy atom. The van der Waals surface area contributed by atoms with Gasteiger partial charge >= 0.3 is 12.5 Å². The van der Waals surface area contributed by atoms with Crippen LogP contribution in [0.1, 0.15) is 38.2 Å². The van der Waals surface area contributed by atoms with Crippen LogP contribution in [0.4, 0.5) is 42.2 Å². The first-order valence-electron chi connectivity index (χ1n) is 12.8. The first-order chi connectivity index (χ1) is 20.1. The monoisotopic (exact) mass is 609 g/mol. The molecular weight excluding hydrogens is 583 g/mol. The van der Waals surface area contributed by atoms with Gasteiger partial charge in [0.05, 0.1) is 11.1 Å². The van der Waals surface area contributed by atoms with Gasteiger partial charge in [-0.15, -0.1) is 13.2 Å². The third kappa shape index (κ3) is 8.36. The van der Waals surface area contributed by atoms with E-state index in [2.05, 4.69) is 31.8 Å². The molecule has 2 aromatic carbocycles. The summed E-state index contributed by atoms with van der Waals surface area (Å²) in [6.45, 7) is 4.26. The summed E-state index contributed by atoms with van der Waals surface area (Å²) in [5, 5.41) is 2.31. The standard InChI is InChI=1S/C29H26F7N5O2/c1-17-11-24(30)22(13-19(17)4-3-18-12-25(26(37)38-15-18)43-29(34,35)36)27(42)39-21-6-5-20(23(14-21)28(31,32)33)16-41-9-7-40(2)8-10-41/h5-6,11-15H,7-10,16H2,1-2H3,(H2,37,38)(H,39,42). The number of hydrogen-bond donors (Lipinski definition) is 2. The van der Waals surface area contributed by atoms with Gasteiger partial charge in [-0.05, 0) is 49.4 Å². The second-order valence-electron chi connectivity index (χ2n) is 9.96. The molecular formula is C29H26F7N5O2. The van der Waals surface area contributed by atoms with Crippen molar-refractivity contribution in [3.05, 3.63) is 81.8 Å². The van der Waals surface area contributed by atoms with Gasteiger partial charge in [0.2, 0.25) is 0 Å². The van der Waals surface area contributed by atoms with Crippen molar-refractivity contribution in [3.63, 3.8) is 0 Å². The first kappa shape index (κ1) is 31.6. The fourth-order valence-electron chi connectivity index (χ4n) is 4.35. The van der Waals surface area contributed by atoms with Crippen LogP contribution in [0.25, 0.3) is 0 Å². The Balaban J connectivity index is 1.56. The van der Waals surface area contributed by atoms with Gasteiger partial charge in [0, 0.05) is 61.8 Å². The molecule has 1 saturated heterocycles. The van der Waals surface area contributed by atoms with Crippen LogP contribution in [-0.4, -0.2) is 60.3 Å². The van der Waals surface area contributed by atoms with Gasteiger partial charge in [0.15, 0.2) is 11.6 Å². The maximum Gasteiger partial charge on any atom is 0.573 e. The quantitative estimate of drug-likeness (QED) is 0.297. The lowest BCUT2D eigenvalue weighted by atomic mass is 10.0. The fourth-order valence-corrected chi connectivity index (χ4v) is 4.35. The normalized spacial score (nSPS) is 14.6. The van der Waals surface area contributed by atoms with Crippen LogP contribution in [0.3, 0.4) is 0 Å². The second kappa shape index (κ2) is 12.5. The van der Waals surface area contributed by atoms with Crippen molar-refractivity contribution >= 4 is 17.4 Å². The highest BCUT2D eigenvalue weighted by Gasteiger charge is 2.35. The number of aromatic nitrogens is 1. The van der Waals surface area contributed by atoms with Crippen LogP contribution in [-0.2, 0) is 12.7 Å². The van der Waals surface area contributed by atoms with Gasteiger partial charge in [-0.1, -0.05) is 17.9 Å². The summed E-state index contributed by atoms with van der Waals surface area (Å²) in [6.07, 6.45) is -8.60.